The Morgan fingerprint density at radius 1 is 1.23 bits per heavy atom. The van der Waals surface area contributed by atoms with Gasteiger partial charge in [0.1, 0.15) is 5.76 Å². The Morgan fingerprint density at radius 2 is 2.00 bits per heavy atom. The van der Waals surface area contributed by atoms with E-state index in [1.54, 1.807) is 23.1 Å². The first kappa shape index (κ1) is 18.2. The lowest BCUT2D eigenvalue weighted by atomic mass is 10.1. The summed E-state index contributed by atoms with van der Waals surface area (Å²) >= 11 is 3.28. The van der Waals surface area contributed by atoms with Crippen LogP contribution in [-0.2, 0) is 19.3 Å². The molecule has 9 heteroatoms. The largest absolute Gasteiger partial charge is 0.454 e. The smallest absolute Gasteiger partial charge is 0.416 e. The van der Waals surface area contributed by atoms with Gasteiger partial charge in [-0.2, -0.15) is 18.3 Å². The fraction of sp³-hybridized carbons (Fsp3) is 0.176. The number of nitrogens with zero attached hydrogens (tertiary/aromatic N) is 2. The van der Waals surface area contributed by atoms with Crippen LogP contribution in [0.2, 0.25) is 0 Å². The molecule has 0 fully saturated rings. The number of amides is 1. The van der Waals surface area contributed by atoms with Crippen LogP contribution in [0.3, 0.4) is 0 Å². The van der Waals surface area contributed by atoms with E-state index in [1.165, 1.54) is 24.3 Å². The molecule has 2 aromatic heterocycles. The van der Waals surface area contributed by atoms with Crippen LogP contribution in [0.15, 0.2) is 57.7 Å². The summed E-state index contributed by atoms with van der Waals surface area (Å²) in [4.78, 5) is 12.1. The van der Waals surface area contributed by atoms with Gasteiger partial charge in [0.15, 0.2) is 5.76 Å². The first-order chi connectivity index (χ1) is 12.3. The lowest BCUT2D eigenvalue weighted by molar-refractivity contribution is -0.138. The van der Waals surface area contributed by atoms with E-state index in [0.717, 1.165) is 10.5 Å². The Bertz CT molecular complexity index is 918. The second-order valence-electron chi connectivity index (χ2n) is 5.46. The van der Waals surface area contributed by atoms with E-state index in [1.807, 2.05) is 0 Å². The van der Waals surface area contributed by atoms with E-state index in [2.05, 4.69) is 26.3 Å². The van der Waals surface area contributed by atoms with Gasteiger partial charge in [-0.1, -0.05) is 18.2 Å². The van der Waals surface area contributed by atoms with Crippen molar-refractivity contribution >= 4 is 21.8 Å². The van der Waals surface area contributed by atoms with Gasteiger partial charge in [-0.15, -0.1) is 0 Å². The minimum atomic E-state index is -4.47. The van der Waals surface area contributed by atoms with Gasteiger partial charge in [-0.25, -0.2) is 0 Å². The number of aromatic nitrogens is 2. The first-order valence-corrected chi connectivity index (χ1v) is 8.32. The Morgan fingerprint density at radius 3 is 2.69 bits per heavy atom. The second kappa shape index (κ2) is 7.36. The average molecular weight is 428 g/mol. The summed E-state index contributed by atoms with van der Waals surface area (Å²) < 4.78 is 46.8. The van der Waals surface area contributed by atoms with Gasteiger partial charge < -0.3 is 9.73 Å². The molecule has 3 rings (SSSR count). The topological polar surface area (TPSA) is 60.1 Å². The molecule has 5 nitrogen and oxygen atoms in total. The van der Waals surface area contributed by atoms with Gasteiger partial charge in [0, 0.05) is 12.7 Å². The van der Waals surface area contributed by atoms with Gasteiger partial charge in [0.2, 0.25) is 0 Å². The maximum Gasteiger partial charge on any atom is 0.416 e. The highest BCUT2D eigenvalue weighted by Crippen LogP contribution is 2.31. The van der Waals surface area contributed by atoms with Crippen LogP contribution in [0, 0.1) is 0 Å². The highest BCUT2D eigenvalue weighted by molar-refractivity contribution is 9.10. The Kier molecular flexibility index (Phi) is 5.17. The minimum Gasteiger partial charge on any atom is -0.454 e. The molecule has 0 aliphatic rings. The summed E-state index contributed by atoms with van der Waals surface area (Å²) in [7, 11) is 0. The molecule has 0 unspecified atom stereocenters. The second-order valence-corrected chi connectivity index (χ2v) is 6.38. The minimum absolute atomic E-state index is 0.0125. The van der Waals surface area contributed by atoms with Gasteiger partial charge in [-0.3, -0.25) is 9.48 Å². The van der Waals surface area contributed by atoms with E-state index < -0.39 is 17.6 Å². The van der Waals surface area contributed by atoms with E-state index in [0.29, 0.717) is 12.3 Å². The number of hydrogen-bond donors (Lipinski definition) is 1. The van der Waals surface area contributed by atoms with Crippen LogP contribution in [-0.4, -0.2) is 15.7 Å². The fourth-order valence-corrected chi connectivity index (χ4v) is 2.71. The predicted octanol–water partition coefficient (Wildman–Crippen LogP) is 4.24. The van der Waals surface area contributed by atoms with Gasteiger partial charge in [0.25, 0.3) is 5.91 Å². The predicted molar refractivity (Wildman–Crippen MR) is 90.4 cm³/mol. The van der Waals surface area contributed by atoms with Crippen LogP contribution in [0.4, 0.5) is 13.2 Å². The van der Waals surface area contributed by atoms with E-state index in [4.69, 9.17) is 4.42 Å². The molecule has 0 spiro atoms. The molecule has 0 atom stereocenters. The molecule has 0 aliphatic heterocycles. The molecule has 0 aliphatic carbocycles. The van der Waals surface area contributed by atoms with Crippen LogP contribution in [0.5, 0.6) is 0 Å². The van der Waals surface area contributed by atoms with Crippen molar-refractivity contribution in [3.63, 3.8) is 0 Å². The van der Waals surface area contributed by atoms with Crippen LogP contribution >= 0.6 is 15.9 Å². The number of nitrogens with one attached hydrogen (secondary N) is 1. The maximum absolute atomic E-state index is 13.0. The number of benzene rings is 1. The van der Waals surface area contributed by atoms with Crippen molar-refractivity contribution in [2.45, 2.75) is 19.3 Å². The van der Waals surface area contributed by atoms with E-state index in [-0.39, 0.29) is 17.9 Å². The first-order valence-electron chi connectivity index (χ1n) is 7.53. The molecule has 0 saturated heterocycles. The molecule has 3 aromatic rings. The molecule has 1 aromatic carbocycles. The van der Waals surface area contributed by atoms with Crippen LogP contribution in [0.1, 0.15) is 27.4 Å². The zero-order chi connectivity index (χ0) is 18.7. The molecule has 1 N–H and O–H groups in total. The van der Waals surface area contributed by atoms with Crippen molar-refractivity contribution in [1.29, 1.82) is 0 Å². The molecule has 0 bridgehead atoms. The number of carbonyl (C=O) groups excluding carboxylic acids is 1. The summed E-state index contributed by atoms with van der Waals surface area (Å²) in [5, 5.41) is 6.52. The number of carbonyl (C=O) groups is 1. The fourth-order valence-electron chi connectivity index (χ4n) is 2.38. The lowest BCUT2D eigenvalue weighted by Gasteiger charge is -2.12. The number of halogens is 4. The molecular formula is C17H13BrF3N3O2. The van der Waals surface area contributed by atoms with Crippen molar-refractivity contribution in [3.8, 4) is 0 Å². The third-order valence-corrected chi connectivity index (χ3v) is 3.98. The zero-order valence-corrected chi connectivity index (χ0v) is 14.8. The molecule has 1 amide bonds. The Labute approximate surface area is 154 Å². The van der Waals surface area contributed by atoms with Crippen molar-refractivity contribution < 1.29 is 22.4 Å². The maximum atomic E-state index is 13.0. The van der Waals surface area contributed by atoms with Crippen LogP contribution < -0.4 is 5.32 Å². The monoisotopic (exact) mass is 427 g/mol. The lowest BCUT2D eigenvalue weighted by Crippen LogP contribution is -2.24. The normalized spacial score (nSPS) is 11.5. The third-order valence-electron chi connectivity index (χ3n) is 3.57. The molecular weight excluding hydrogens is 415 g/mol. The van der Waals surface area contributed by atoms with Crippen molar-refractivity contribution in [2.24, 2.45) is 0 Å². The molecule has 26 heavy (non-hydrogen) atoms. The van der Waals surface area contributed by atoms with Crippen molar-refractivity contribution in [1.82, 2.24) is 15.1 Å². The number of furan rings is 1. The van der Waals surface area contributed by atoms with Gasteiger partial charge >= 0.3 is 6.18 Å². The number of alkyl halides is 3. The summed E-state index contributed by atoms with van der Waals surface area (Å²) in [6.07, 6.45) is -1.11. The highest BCUT2D eigenvalue weighted by atomic mass is 79.9. The number of hydrogen-bond acceptors (Lipinski definition) is 3. The molecule has 0 radical (unpaired) electrons. The summed E-state index contributed by atoms with van der Waals surface area (Å²) in [5.74, 6) is -0.0629. The standard InChI is InChI=1S/C17H13BrF3N3O2/c18-12-8-23-24(9-12)10-13-5-6-15(26-13)16(25)22-7-11-3-1-2-4-14(11)17(19,20)21/h1-6,8-9H,7,10H2,(H,22,25). The summed E-state index contributed by atoms with van der Waals surface area (Å²) in [6.45, 7) is 0.0758. The molecule has 136 valence electrons. The van der Waals surface area contributed by atoms with Gasteiger partial charge in [0.05, 0.1) is 22.8 Å². The molecule has 0 saturated carbocycles. The SMILES string of the molecule is O=C(NCc1ccccc1C(F)(F)F)c1ccc(Cn2cc(Br)cn2)o1. The van der Waals surface area contributed by atoms with E-state index >= 15 is 0 Å². The average Bonchev–Trinajstić information content (AvgIpc) is 3.21. The van der Waals surface area contributed by atoms with Crippen molar-refractivity contribution in [3.05, 3.63) is 75.9 Å². The summed E-state index contributed by atoms with van der Waals surface area (Å²) in [6, 6.07) is 8.19. The number of rotatable bonds is 5. The quantitative estimate of drug-likeness (QED) is 0.662. The zero-order valence-electron chi connectivity index (χ0n) is 13.3. The third kappa shape index (κ3) is 4.34. The van der Waals surface area contributed by atoms with Crippen molar-refractivity contribution in [2.75, 3.05) is 0 Å². The summed E-state index contributed by atoms with van der Waals surface area (Å²) in [5.41, 5.74) is -0.786. The van der Waals surface area contributed by atoms with Gasteiger partial charge in [-0.05, 0) is 39.7 Å². The van der Waals surface area contributed by atoms with Crippen LogP contribution in [0.25, 0.3) is 0 Å². The van der Waals surface area contributed by atoms with E-state index in [9.17, 15) is 18.0 Å². The Balaban J connectivity index is 1.64. The molecule has 2 heterocycles. The highest BCUT2D eigenvalue weighted by Gasteiger charge is 2.32. The Hall–Kier alpha value is -2.55.